The van der Waals surface area contributed by atoms with Gasteiger partial charge in [0, 0.05) is 39.0 Å². The number of benzene rings is 1. The summed E-state index contributed by atoms with van der Waals surface area (Å²) in [7, 11) is 0. The van der Waals surface area contributed by atoms with Crippen LogP contribution in [0.4, 0.5) is 0 Å². The number of nitrogens with one attached hydrogen (secondary N) is 1. The van der Waals surface area contributed by atoms with E-state index in [1.54, 1.807) is 13.1 Å². The smallest absolute Gasteiger partial charge is 0.220 e. The van der Waals surface area contributed by atoms with E-state index in [2.05, 4.69) is 27.0 Å². The number of hydrogen-bond donors (Lipinski definition) is 1. The second kappa shape index (κ2) is 6.10. The molecule has 0 bridgehead atoms. The molecule has 2 heterocycles. The lowest BCUT2D eigenvalue weighted by Crippen LogP contribution is -2.49. The molecule has 0 radical (unpaired) electrons. The van der Waals surface area contributed by atoms with E-state index in [0.717, 1.165) is 32.0 Å². The van der Waals surface area contributed by atoms with E-state index >= 15 is 0 Å². The number of piperazine rings is 1. The fourth-order valence-corrected chi connectivity index (χ4v) is 2.92. The van der Waals surface area contributed by atoms with Gasteiger partial charge in [-0.15, -0.1) is 0 Å². The number of aromatic amines is 1. The van der Waals surface area contributed by atoms with E-state index in [1.165, 1.54) is 5.56 Å². The molecule has 0 unspecified atom stereocenters. The SMILES string of the molecule is CC(=O)N1CCN(Cc2ncc[nH]2)C[C@H]1c1ccccc1. The molecule has 21 heavy (non-hydrogen) atoms. The van der Waals surface area contributed by atoms with Crippen molar-refractivity contribution in [3.63, 3.8) is 0 Å². The second-order valence-corrected chi connectivity index (χ2v) is 5.41. The molecular formula is C16H20N4O. The largest absolute Gasteiger partial charge is 0.348 e. The molecule has 1 N–H and O–H groups in total. The van der Waals surface area contributed by atoms with E-state index in [4.69, 9.17) is 0 Å². The highest BCUT2D eigenvalue weighted by Gasteiger charge is 2.29. The molecule has 0 saturated carbocycles. The van der Waals surface area contributed by atoms with Gasteiger partial charge in [0.15, 0.2) is 0 Å². The van der Waals surface area contributed by atoms with E-state index in [-0.39, 0.29) is 11.9 Å². The number of nitrogens with zero attached hydrogens (tertiary/aromatic N) is 3. The summed E-state index contributed by atoms with van der Waals surface area (Å²) in [6.45, 7) is 4.92. The van der Waals surface area contributed by atoms with Gasteiger partial charge in [-0.1, -0.05) is 30.3 Å². The van der Waals surface area contributed by atoms with Gasteiger partial charge in [0.25, 0.3) is 0 Å². The molecule has 1 aliphatic heterocycles. The lowest BCUT2D eigenvalue weighted by molar-refractivity contribution is -0.134. The Balaban J connectivity index is 1.77. The van der Waals surface area contributed by atoms with E-state index < -0.39 is 0 Å². The van der Waals surface area contributed by atoms with Crippen LogP contribution in [0.25, 0.3) is 0 Å². The molecular weight excluding hydrogens is 264 g/mol. The van der Waals surface area contributed by atoms with Crippen molar-refractivity contribution in [1.29, 1.82) is 0 Å². The molecule has 1 amide bonds. The number of hydrogen-bond acceptors (Lipinski definition) is 3. The quantitative estimate of drug-likeness (QED) is 0.935. The lowest BCUT2D eigenvalue weighted by Gasteiger charge is -2.41. The molecule has 5 nitrogen and oxygen atoms in total. The molecule has 1 atom stereocenters. The predicted molar refractivity (Wildman–Crippen MR) is 80.4 cm³/mol. The highest BCUT2D eigenvalue weighted by Crippen LogP contribution is 2.26. The standard InChI is InChI=1S/C16H20N4O/c1-13(21)20-10-9-19(12-16-17-7-8-18-16)11-15(20)14-5-3-2-4-6-14/h2-8,15H,9-12H2,1H3,(H,17,18)/t15-/m0/s1. The molecule has 1 fully saturated rings. The Bertz CT molecular complexity index is 582. The summed E-state index contributed by atoms with van der Waals surface area (Å²) in [5.74, 6) is 1.11. The molecule has 0 aliphatic carbocycles. The summed E-state index contributed by atoms with van der Waals surface area (Å²) < 4.78 is 0. The molecule has 2 aromatic rings. The average molecular weight is 284 g/mol. The maximum Gasteiger partial charge on any atom is 0.220 e. The summed E-state index contributed by atoms with van der Waals surface area (Å²) >= 11 is 0. The van der Waals surface area contributed by atoms with E-state index in [1.807, 2.05) is 29.3 Å². The van der Waals surface area contributed by atoms with Crippen molar-refractivity contribution >= 4 is 5.91 Å². The fraction of sp³-hybridized carbons (Fsp3) is 0.375. The first-order chi connectivity index (χ1) is 10.2. The topological polar surface area (TPSA) is 52.2 Å². The van der Waals surface area contributed by atoms with Gasteiger partial charge in [-0.25, -0.2) is 4.98 Å². The maximum absolute atomic E-state index is 11.9. The van der Waals surface area contributed by atoms with Gasteiger partial charge in [0.05, 0.1) is 12.6 Å². The summed E-state index contributed by atoms with van der Waals surface area (Å²) in [5.41, 5.74) is 1.19. The van der Waals surface area contributed by atoms with Crippen molar-refractivity contribution in [3.05, 3.63) is 54.1 Å². The van der Waals surface area contributed by atoms with Crippen LogP contribution in [0.2, 0.25) is 0 Å². The molecule has 110 valence electrons. The molecule has 0 spiro atoms. The maximum atomic E-state index is 11.9. The van der Waals surface area contributed by atoms with Crippen LogP contribution in [-0.4, -0.2) is 45.3 Å². The Kier molecular flexibility index (Phi) is 4.01. The number of imidazole rings is 1. The van der Waals surface area contributed by atoms with E-state index in [9.17, 15) is 4.79 Å². The van der Waals surface area contributed by atoms with Crippen LogP contribution in [0.1, 0.15) is 24.4 Å². The molecule has 1 aliphatic rings. The van der Waals surface area contributed by atoms with Crippen LogP contribution in [-0.2, 0) is 11.3 Å². The zero-order chi connectivity index (χ0) is 14.7. The van der Waals surface area contributed by atoms with Crippen LogP contribution < -0.4 is 0 Å². The van der Waals surface area contributed by atoms with Crippen molar-refractivity contribution in [3.8, 4) is 0 Å². The van der Waals surface area contributed by atoms with Crippen molar-refractivity contribution < 1.29 is 4.79 Å². The molecule has 3 rings (SSSR count). The minimum absolute atomic E-state index is 0.118. The summed E-state index contributed by atoms with van der Waals surface area (Å²) in [6.07, 6.45) is 3.62. The Morgan fingerprint density at radius 3 is 2.81 bits per heavy atom. The first-order valence-electron chi connectivity index (χ1n) is 7.27. The zero-order valence-corrected chi connectivity index (χ0v) is 12.2. The number of carbonyl (C=O) groups is 1. The van der Waals surface area contributed by atoms with Gasteiger partial charge in [0.1, 0.15) is 5.82 Å². The van der Waals surface area contributed by atoms with E-state index in [0.29, 0.717) is 0 Å². The third kappa shape index (κ3) is 3.13. The average Bonchev–Trinajstić information content (AvgIpc) is 3.01. The number of amides is 1. The minimum atomic E-state index is 0.118. The molecule has 1 saturated heterocycles. The van der Waals surface area contributed by atoms with Crippen LogP contribution in [0, 0.1) is 0 Å². The van der Waals surface area contributed by atoms with Crippen LogP contribution >= 0.6 is 0 Å². The number of aromatic nitrogens is 2. The van der Waals surface area contributed by atoms with Crippen molar-refractivity contribution in [2.24, 2.45) is 0 Å². The van der Waals surface area contributed by atoms with Gasteiger partial charge >= 0.3 is 0 Å². The van der Waals surface area contributed by atoms with Gasteiger partial charge in [-0.3, -0.25) is 9.69 Å². The fourth-order valence-electron chi connectivity index (χ4n) is 2.92. The Morgan fingerprint density at radius 2 is 2.14 bits per heavy atom. The van der Waals surface area contributed by atoms with Gasteiger partial charge < -0.3 is 9.88 Å². The Hall–Kier alpha value is -2.14. The molecule has 1 aromatic carbocycles. The van der Waals surface area contributed by atoms with Gasteiger partial charge in [-0.2, -0.15) is 0 Å². The Morgan fingerprint density at radius 1 is 1.33 bits per heavy atom. The van der Waals surface area contributed by atoms with Crippen molar-refractivity contribution in [1.82, 2.24) is 19.8 Å². The zero-order valence-electron chi connectivity index (χ0n) is 12.2. The lowest BCUT2D eigenvalue weighted by atomic mass is 10.0. The molecule has 5 heteroatoms. The number of rotatable bonds is 3. The van der Waals surface area contributed by atoms with Crippen molar-refractivity contribution in [2.45, 2.75) is 19.5 Å². The Labute approximate surface area is 124 Å². The van der Waals surface area contributed by atoms with Crippen molar-refractivity contribution in [2.75, 3.05) is 19.6 Å². The monoisotopic (exact) mass is 284 g/mol. The highest BCUT2D eigenvalue weighted by molar-refractivity contribution is 5.74. The number of H-pyrrole nitrogens is 1. The number of carbonyl (C=O) groups excluding carboxylic acids is 1. The minimum Gasteiger partial charge on any atom is -0.348 e. The highest BCUT2D eigenvalue weighted by atomic mass is 16.2. The van der Waals surface area contributed by atoms with Gasteiger partial charge in [-0.05, 0) is 5.56 Å². The third-order valence-electron chi connectivity index (χ3n) is 3.98. The third-order valence-corrected chi connectivity index (χ3v) is 3.98. The van der Waals surface area contributed by atoms with Crippen LogP contribution in [0.3, 0.4) is 0 Å². The predicted octanol–water partition coefficient (Wildman–Crippen LogP) is 1.82. The second-order valence-electron chi connectivity index (χ2n) is 5.41. The summed E-state index contributed by atoms with van der Waals surface area (Å²) in [4.78, 5) is 23.6. The normalized spacial score (nSPS) is 19.7. The summed E-state index contributed by atoms with van der Waals surface area (Å²) in [6, 6.07) is 10.4. The first-order valence-corrected chi connectivity index (χ1v) is 7.27. The first kappa shape index (κ1) is 13.8. The van der Waals surface area contributed by atoms with Gasteiger partial charge in [0.2, 0.25) is 5.91 Å². The van der Waals surface area contributed by atoms with Crippen LogP contribution in [0.5, 0.6) is 0 Å². The van der Waals surface area contributed by atoms with Crippen LogP contribution in [0.15, 0.2) is 42.7 Å². The summed E-state index contributed by atoms with van der Waals surface area (Å²) in [5, 5.41) is 0. The molecule has 1 aromatic heterocycles.